The maximum absolute atomic E-state index is 11.7. The van der Waals surface area contributed by atoms with E-state index in [9.17, 15) is 4.79 Å². The number of rotatable bonds is 7. The van der Waals surface area contributed by atoms with Crippen molar-refractivity contribution in [1.82, 2.24) is 10.6 Å². The van der Waals surface area contributed by atoms with Crippen molar-refractivity contribution in [2.75, 3.05) is 20.2 Å². The van der Waals surface area contributed by atoms with Gasteiger partial charge in [0.15, 0.2) is 6.61 Å². The quantitative estimate of drug-likeness (QED) is 0.800. The maximum Gasteiger partial charge on any atom is 0.257 e. The minimum Gasteiger partial charge on any atom is -0.483 e. The summed E-state index contributed by atoms with van der Waals surface area (Å²) in [5.41, 5.74) is 1.03. The molecule has 0 aliphatic heterocycles. The minimum absolute atomic E-state index is 0.0395. The molecule has 0 heterocycles. The number of ether oxygens (including phenoxy) is 1. The van der Waals surface area contributed by atoms with Crippen LogP contribution in [0.5, 0.6) is 5.75 Å². The Hall–Kier alpha value is -1.07. The van der Waals surface area contributed by atoms with Gasteiger partial charge in [0, 0.05) is 22.6 Å². The van der Waals surface area contributed by atoms with Gasteiger partial charge in [-0.25, -0.2) is 0 Å². The molecule has 0 spiro atoms. The Morgan fingerprint density at radius 3 is 2.65 bits per heavy atom. The van der Waals surface area contributed by atoms with Crippen molar-refractivity contribution in [1.29, 1.82) is 0 Å². The van der Waals surface area contributed by atoms with Crippen LogP contribution in [0.25, 0.3) is 0 Å². The van der Waals surface area contributed by atoms with E-state index in [1.807, 2.05) is 32.2 Å². The van der Waals surface area contributed by atoms with Gasteiger partial charge in [-0.2, -0.15) is 0 Å². The van der Waals surface area contributed by atoms with Crippen LogP contribution in [0, 0.1) is 5.92 Å². The van der Waals surface area contributed by atoms with E-state index in [1.165, 1.54) is 0 Å². The zero-order valence-electron chi connectivity index (χ0n) is 12.5. The predicted molar refractivity (Wildman–Crippen MR) is 85.0 cm³/mol. The SMILES string of the molecule is CNC(C)c1cc(Br)ccc1OCC(=O)NCC(C)C. The second kappa shape index (κ2) is 8.27. The third kappa shape index (κ3) is 5.51. The Morgan fingerprint density at radius 1 is 1.35 bits per heavy atom. The number of nitrogens with one attached hydrogen (secondary N) is 2. The summed E-state index contributed by atoms with van der Waals surface area (Å²) in [5.74, 6) is 1.07. The van der Waals surface area contributed by atoms with E-state index >= 15 is 0 Å². The second-order valence-corrected chi connectivity index (χ2v) is 6.09. The zero-order chi connectivity index (χ0) is 15.1. The normalized spacial score (nSPS) is 12.3. The van der Waals surface area contributed by atoms with Crippen LogP contribution in [0.15, 0.2) is 22.7 Å². The molecule has 1 unspecified atom stereocenters. The molecule has 1 aromatic carbocycles. The van der Waals surface area contributed by atoms with Gasteiger partial charge in [-0.15, -0.1) is 0 Å². The highest BCUT2D eigenvalue weighted by Gasteiger charge is 2.12. The van der Waals surface area contributed by atoms with Crippen molar-refractivity contribution in [3.05, 3.63) is 28.2 Å². The van der Waals surface area contributed by atoms with Crippen LogP contribution in [-0.4, -0.2) is 26.1 Å². The fourth-order valence-electron chi connectivity index (χ4n) is 1.66. The minimum atomic E-state index is -0.0929. The van der Waals surface area contributed by atoms with Crippen LogP contribution < -0.4 is 15.4 Å². The van der Waals surface area contributed by atoms with Gasteiger partial charge in [-0.05, 0) is 38.1 Å². The third-order valence-corrected chi connectivity index (χ3v) is 3.43. The number of halogens is 1. The highest BCUT2D eigenvalue weighted by atomic mass is 79.9. The molecular formula is C15H23BrN2O2. The molecule has 0 radical (unpaired) electrons. The predicted octanol–water partition coefficient (Wildman–Crippen LogP) is 2.88. The number of benzene rings is 1. The summed E-state index contributed by atoms with van der Waals surface area (Å²) >= 11 is 3.45. The van der Waals surface area contributed by atoms with E-state index in [4.69, 9.17) is 4.74 Å². The highest BCUT2D eigenvalue weighted by molar-refractivity contribution is 9.10. The molecule has 0 saturated heterocycles. The molecule has 2 N–H and O–H groups in total. The van der Waals surface area contributed by atoms with E-state index in [2.05, 4.69) is 40.4 Å². The van der Waals surface area contributed by atoms with Gasteiger partial charge >= 0.3 is 0 Å². The van der Waals surface area contributed by atoms with E-state index in [-0.39, 0.29) is 18.6 Å². The van der Waals surface area contributed by atoms with Crippen LogP contribution in [0.1, 0.15) is 32.4 Å². The Labute approximate surface area is 129 Å². The molecule has 0 aromatic heterocycles. The third-order valence-electron chi connectivity index (χ3n) is 2.94. The summed E-state index contributed by atoms with van der Waals surface area (Å²) < 4.78 is 6.63. The average Bonchev–Trinajstić information content (AvgIpc) is 2.42. The molecule has 112 valence electrons. The molecule has 1 atom stereocenters. The maximum atomic E-state index is 11.7. The summed E-state index contributed by atoms with van der Waals surface area (Å²) in [4.78, 5) is 11.7. The summed E-state index contributed by atoms with van der Waals surface area (Å²) in [6.07, 6.45) is 0. The number of carbonyl (C=O) groups excluding carboxylic acids is 1. The molecule has 0 saturated carbocycles. The zero-order valence-corrected chi connectivity index (χ0v) is 14.1. The first-order valence-corrected chi connectivity index (χ1v) is 7.59. The van der Waals surface area contributed by atoms with Gasteiger partial charge in [0.2, 0.25) is 0 Å². The van der Waals surface area contributed by atoms with Crippen molar-refractivity contribution in [2.24, 2.45) is 5.92 Å². The molecule has 1 amide bonds. The Balaban J connectivity index is 2.65. The largest absolute Gasteiger partial charge is 0.483 e. The number of hydrogen-bond donors (Lipinski definition) is 2. The molecule has 0 aliphatic carbocycles. The number of amides is 1. The lowest BCUT2D eigenvalue weighted by atomic mass is 10.1. The van der Waals surface area contributed by atoms with Gasteiger partial charge in [0.1, 0.15) is 5.75 Å². The molecule has 0 fully saturated rings. The molecular weight excluding hydrogens is 320 g/mol. The Bertz CT molecular complexity index is 449. The first-order valence-electron chi connectivity index (χ1n) is 6.80. The molecule has 0 bridgehead atoms. The van der Waals surface area contributed by atoms with Crippen LogP contribution in [0.3, 0.4) is 0 Å². The van der Waals surface area contributed by atoms with E-state index < -0.39 is 0 Å². The Morgan fingerprint density at radius 2 is 2.05 bits per heavy atom. The Kier molecular flexibility index (Phi) is 7.02. The topological polar surface area (TPSA) is 50.4 Å². The van der Waals surface area contributed by atoms with Crippen molar-refractivity contribution in [2.45, 2.75) is 26.8 Å². The van der Waals surface area contributed by atoms with Crippen molar-refractivity contribution >= 4 is 21.8 Å². The summed E-state index contributed by atoms with van der Waals surface area (Å²) in [6, 6.07) is 5.94. The smallest absolute Gasteiger partial charge is 0.257 e. The molecule has 5 heteroatoms. The molecule has 0 aliphatic rings. The number of carbonyl (C=O) groups is 1. The van der Waals surface area contributed by atoms with E-state index in [1.54, 1.807) is 0 Å². The standard InChI is InChI=1S/C15H23BrN2O2/c1-10(2)8-18-15(19)9-20-14-6-5-12(16)7-13(14)11(3)17-4/h5-7,10-11,17H,8-9H2,1-4H3,(H,18,19). The van der Waals surface area contributed by atoms with Gasteiger partial charge in [0.25, 0.3) is 5.91 Å². The molecule has 1 aromatic rings. The average molecular weight is 343 g/mol. The lowest BCUT2D eigenvalue weighted by Gasteiger charge is -2.17. The lowest BCUT2D eigenvalue weighted by molar-refractivity contribution is -0.123. The van der Waals surface area contributed by atoms with Crippen LogP contribution >= 0.6 is 15.9 Å². The highest BCUT2D eigenvalue weighted by Crippen LogP contribution is 2.28. The van der Waals surface area contributed by atoms with Gasteiger partial charge in [0.05, 0.1) is 0 Å². The lowest BCUT2D eigenvalue weighted by Crippen LogP contribution is -2.32. The van der Waals surface area contributed by atoms with E-state index in [0.29, 0.717) is 12.5 Å². The monoisotopic (exact) mass is 342 g/mol. The van der Waals surface area contributed by atoms with Crippen LogP contribution in [0.2, 0.25) is 0 Å². The first kappa shape index (κ1) is 17.0. The summed E-state index contributed by atoms with van der Waals surface area (Å²) in [7, 11) is 1.89. The first-order chi connectivity index (χ1) is 9.43. The molecule has 1 rings (SSSR count). The van der Waals surface area contributed by atoms with Crippen molar-refractivity contribution < 1.29 is 9.53 Å². The second-order valence-electron chi connectivity index (χ2n) is 5.18. The van der Waals surface area contributed by atoms with E-state index in [0.717, 1.165) is 15.8 Å². The van der Waals surface area contributed by atoms with Crippen molar-refractivity contribution in [3.63, 3.8) is 0 Å². The number of hydrogen-bond acceptors (Lipinski definition) is 3. The van der Waals surface area contributed by atoms with Gasteiger partial charge in [-0.1, -0.05) is 29.8 Å². The van der Waals surface area contributed by atoms with Crippen LogP contribution in [0.4, 0.5) is 0 Å². The molecule has 4 nitrogen and oxygen atoms in total. The van der Waals surface area contributed by atoms with Crippen LogP contribution in [-0.2, 0) is 4.79 Å². The fourth-order valence-corrected chi connectivity index (χ4v) is 2.04. The van der Waals surface area contributed by atoms with Gasteiger partial charge in [-0.3, -0.25) is 4.79 Å². The fraction of sp³-hybridized carbons (Fsp3) is 0.533. The van der Waals surface area contributed by atoms with Crippen molar-refractivity contribution in [3.8, 4) is 5.75 Å². The molecule has 20 heavy (non-hydrogen) atoms. The summed E-state index contributed by atoms with van der Waals surface area (Å²) in [5, 5.41) is 6.01. The van der Waals surface area contributed by atoms with Gasteiger partial charge < -0.3 is 15.4 Å². The summed E-state index contributed by atoms with van der Waals surface area (Å²) in [6.45, 7) is 6.87.